The lowest BCUT2D eigenvalue weighted by atomic mass is 10.1. The highest BCUT2D eigenvalue weighted by atomic mass is 32.2. The smallest absolute Gasteiger partial charge is 0.416 e. The van der Waals surface area contributed by atoms with Crippen molar-refractivity contribution in [2.45, 2.75) is 6.42 Å². The molecular formula is C15H16N2O7S. The van der Waals surface area contributed by atoms with Crippen molar-refractivity contribution in [1.82, 2.24) is 4.90 Å². The van der Waals surface area contributed by atoms with Crippen molar-refractivity contribution in [3.63, 3.8) is 0 Å². The Morgan fingerprint density at radius 1 is 1.28 bits per heavy atom. The number of imide groups is 1. The molecule has 1 aromatic carbocycles. The second kappa shape index (κ2) is 6.36. The average molecular weight is 368 g/mol. The number of carbonyl (C=O) groups excluding carboxylic acids is 3. The highest BCUT2D eigenvalue weighted by Gasteiger charge is 2.30. The first kappa shape index (κ1) is 17.2. The number of hydrogen-bond acceptors (Lipinski definition) is 7. The van der Waals surface area contributed by atoms with E-state index in [4.69, 9.17) is 4.74 Å². The third kappa shape index (κ3) is 3.43. The van der Waals surface area contributed by atoms with Gasteiger partial charge in [-0.15, -0.1) is 0 Å². The van der Waals surface area contributed by atoms with Crippen LogP contribution < -0.4 is 4.31 Å². The summed E-state index contributed by atoms with van der Waals surface area (Å²) in [5.41, 5.74) is 1.47. The number of esters is 1. The number of carbonyl (C=O) groups is 3. The quantitative estimate of drug-likeness (QED) is 0.695. The molecule has 3 rings (SSSR count). The Morgan fingerprint density at radius 3 is 2.68 bits per heavy atom. The van der Waals surface area contributed by atoms with E-state index in [1.807, 2.05) is 0 Å². The standard InChI is InChI=1S/C15H16N2O7S/c1-25(21,22)17-5-4-10-8-11(2-3-12(10)17)14(19)24-9-13(18)16-6-7-23-15(16)20/h2-3,8H,4-7,9H2,1H3. The van der Waals surface area contributed by atoms with E-state index >= 15 is 0 Å². The van der Waals surface area contributed by atoms with Gasteiger partial charge in [0.2, 0.25) is 10.0 Å². The van der Waals surface area contributed by atoms with Crippen molar-refractivity contribution in [1.29, 1.82) is 0 Å². The Balaban J connectivity index is 1.66. The molecule has 10 heteroatoms. The normalized spacial score (nSPS) is 16.6. The van der Waals surface area contributed by atoms with E-state index in [1.165, 1.54) is 10.4 Å². The number of sulfonamides is 1. The lowest BCUT2D eigenvalue weighted by Crippen LogP contribution is -2.35. The summed E-state index contributed by atoms with van der Waals surface area (Å²) in [6.45, 7) is 0.0122. The molecule has 0 radical (unpaired) electrons. The van der Waals surface area contributed by atoms with Crippen LogP contribution >= 0.6 is 0 Å². The molecule has 0 spiro atoms. The minimum Gasteiger partial charge on any atom is -0.452 e. The summed E-state index contributed by atoms with van der Waals surface area (Å²) >= 11 is 0. The molecule has 0 atom stereocenters. The summed E-state index contributed by atoms with van der Waals surface area (Å²) < 4.78 is 34.2. The molecule has 1 saturated heterocycles. The van der Waals surface area contributed by atoms with E-state index < -0.39 is 34.6 Å². The largest absolute Gasteiger partial charge is 0.452 e. The van der Waals surface area contributed by atoms with Gasteiger partial charge in [-0.05, 0) is 30.2 Å². The molecule has 134 valence electrons. The molecule has 0 aromatic heterocycles. The number of cyclic esters (lactones) is 1. The molecule has 1 aromatic rings. The van der Waals surface area contributed by atoms with Gasteiger partial charge in [-0.1, -0.05) is 0 Å². The van der Waals surface area contributed by atoms with E-state index in [2.05, 4.69) is 4.74 Å². The Morgan fingerprint density at radius 2 is 2.04 bits per heavy atom. The van der Waals surface area contributed by atoms with Crippen LogP contribution in [0.25, 0.3) is 0 Å². The number of anilines is 1. The van der Waals surface area contributed by atoms with Gasteiger partial charge in [0.1, 0.15) is 6.61 Å². The number of benzene rings is 1. The Kier molecular flexibility index (Phi) is 4.38. The molecule has 2 aliphatic rings. The molecule has 2 amide bonds. The Hall–Kier alpha value is -2.62. The van der Waals surface area contributed by atoms with E-state index in [9.17, 15) is 22.8 Å². The van der Waals surface area contributed by atoms with Crippen molar-refractivity contribution in [3.8, 4) is 0 Å². The monoisotopic (exact) mass is 368 g/mol. The molecule has 0 bridgehead atoms. The van der Waals surface area contributed by atoms with Crippen LogP contribution in [0, 0.1) is 0 Å². The zero-order valence-corrected chi connectivity index (χ0v) is 14.2. The first-order valence-corrected chi connectivity index (χ1v) is 9.37. The highest BCUT2D eigenvalue weighted by molar-refractivity contribution is 7.92. The van der Waals surface area contributed by atoms with Crippen LogP contribution in [0.15, 0.2) is 18.2 Å². The molecule has 0 unspecified atom stereocenters. The molecule has 0 aliphatic carbocycles. The van der Waals surface area contributed by atoms with Crippen LogP contribution in [0.2, 0.25) is 0 Å². The third-order valence-electron chi connectivity index (χ3n) is 3.96. The summed E-state index contributed by atoms with van der Waals surface area (Å²) in [5, 5.41) is 0. The number of ether oxygens (including phenoxy) is 2. The Bertz CT molecular complexity index is 849. The molecule has 25 heavy (non-hydrogen) atoms. The molecule has 0 N–H and O–H groups in total. The maximum Gasteiger partial charge on any atom is 0.416 e. The Labute approximate surface area is 144 Å². The van der Waals surface area contributed by atoms with E-state index in [1.54, 1.807) is 12.1 Å². The molecule has 2 heterocycles. The van der Waals surface area contributed by atoms with Gasteiger partial charge < -0.3 is 9.47 Å². The van der Waals surface area contributed by atoms with Gasteiger partial charge in [0.15, 0.2) is 6.61 Å². The van der Waals surface area contributed by atoms with Crippen molar-refractivity contribution < 1.29 is 32.3 Å². The molecular weight excluding hydrogens is 352 g/mol. The van der Waals surface area contributed by atoms with Crippen LogP contribution in [-0.2, 0) is 30.7 Å². The van der Waals surface area contributed by atoms with E-state index in [-0.39, 0.29) is 18.7 Å². The maximum atomic E-state index is 12.1. The van der Waals surface area contributed by atoms with Gasteiger partial charge >= 0.3 is 12.1 Å². The lowest BCUT2D eigenvalue weighted by molar-refractivity contribution is -0.131. The number of amides is 2. The molecule has 9 nitrogen and oxygen atoms in total. The molecule has 0 saturated carbocycles. The summed E-state index contributed by atoms with van der Waals surface area (Å²) in [6.07, 6.45) is 0.862. The average Bonchev–Trinajstić information content (AvgIpc) is 3.17. The fourth-order valence-corrected chi connectivity index (χ4v) is 3.71. The third-order valence-corrected chi connectivity index (χ3v) is 5.14. The van der Waals surface area contributed by atoms with Crippen molar-refractivity contribution >= 4 is 33.7 Å². The predicted molar refractivity (Wildman–Crippen MR) is 85.7 cm³/mol. The number of rotatable bonds is 4. The van der Waals surface area contributed by atoms with Gasteiger partial charge in [0.05, 0.1) is 24.1 Å². The number of nitrogens with zero attached hydrogens (tertiary/aromatic N) is 2. The van der Waals surface area contributed by atoms with Gasteiger partial charge in [-0.2, -0.15) is 0 Å². The summed E-state index contributed by atoms with van der Waals surface area (Å²) in [4.78, 5) is 36.0. The fourth-order valence-electron chi connectivity index (χ4n) is 2.75. The van der Waals surface area contributed by atoms with Crippen molar-refractivity contribution in [3.05, 3.63) is 29.3 Å². The summed E-state index contributed by atoms with van der Waals surface area (Å²) in [7, 11) is -3.36. The number of hydrogen-bond donors (Lipinski definition) is 0. The summed E-state index contributed by atoms with van der Waals surface area (Å²) in [6, 6.07) is 4.54. The van der Waals surface area contributed by atoms with Crippen LogP contribution in [-0.4, -0.2) is 63.8 Å². The van der Waals surface area contributed by atoms with Crippen molar-refractivity contribution in [2.24, 2.45) is 0 Å². The topological polar surface area (TPSA) is 110 Å². The zero-order chi connectivity index (χ0) is 18.2. The van der Waals surface area contributed by atoms with E-state index in [0.717, 1.165) is 11.2 Å². The minimum absolute atomic E-state index is 0.125. The number of fused-ring (bicyclic) bond motifs is 1. The van der Waals surface area contributed by atoms with Gasteiger partial charge in [-0.3, -0.25) is 9.10 Å². The van der Waals surface area contributed by atoms with Gasteiger partial charge in [0, 0.05) is 6.54 Å². The first-order chi connectivity index (χ1) is 11.8. The van der Waals surface area contributed by atoms with Crippen LogP contribution in [0.5, 0.6) is 0 Å². The van der Waals surface area contributed by atoms with Gasteiger partial charge in [-0.25, -0.2) is 22.9 Å². The summed E-state index contributed by atoms with van der Waals surface area (Å²) in [5.74, 6) is -1.37. The van der Waals surface area contributed by atoms with Crippen LogP contribution in [0.4, 0.5) is 10.5 Å². The maximum absolute atomic E-state index is 12.1. The fraction of sp³-hybridized carbons (Fsp3) is 0.400. The molecule has 2 aliphatic heterocycles. The highest BCUT2D eigenvalue weighted by Crippen LogP contribution is 2.30. The zero-order valence-electron chi connectivity index (χ0n) is 13.4. The molecule has 1 fully saturated rings. The second-order valence-corrected chi connectivity index (χ2v) is 7.57. The van der Waals surface area contributed by atoms with Crippen LogP contribution in [0.3, 0.4) is 0 Å². The van der Waals surface area contributed by atoms with Crippen LogP contribution in [0.1, 0.15) is 15.9 Å². The SMILES string of the molecule is CS(=O)(=O)N1CCc2cc(C(=O)OCC(=O)N3CCOC3=O)ccc21. The second-order valence-electron chi connectivity index (χ2n) is 5.66. The van der Waals surface area contributed by atoms with E-state index in [0.29, 0.717) is 24.2 Å². The van der Waals surface area contributed by atoms with Crippen molar-refractivity contribution in [2.75, 3.05) is 36.9 Å². The lowest BCUT2D eigenvalue weighted by Gasteiger charge is -2.16. The predicted octanol–water partition coefficient (Wildman–Crippen LogP) is 0.144. The minimum atomic E-state index is -3.36. The first-order valence-electron chi connectivity index (χ1n) is 7.52. The van der Waals surface area contributed by atoms with Gasteiger partial charge in [0.25, 0.3) is 5.91 Å².